The Morgan fingerprint density at radius 1 is 1.14 bits per heavy atom. The van der Waals surface area contributed by atoms with Crippen molar-refractivity contribution in [2.45, 2.75) is 26.3 Å². The topological polar surface area (TPSA) is 80.1 Å². The van der Waals surface area contributed by atoms with Crippen molar-refractivity contribution < 1.29 is 4.79 Å². The zero-order valence-corrected chi connectivity index (χ0v) is 20.2. The first-order valence-electron chi connectivity index (χ1n) is 11.7. The van der Waals surface area contributed by atoms with Gasteiger partial charge in [-0.05, 0) is 55.2 Å². The van der Waals surface area contributed by atoms with Gasteiger partial charge in [0.25, 0.3) is 5.56 Å². The molecule has 7 nitrogen and oxygen atoms in total. The maximum Gasteiger partial charge on any atom is 0.295 e. The minimum Gasteiger partial charge on any atom is -0.351 e. The predicted octanol–water partition coefficient (Wildman–Crippen LogP) is 4.66. The summed E-state index contributed by atoms with van der Waals surface area (Å²) in [6.45, 7) is 3.42. The second-order valence-corrected chi connectivity index (χ2v) is 9.32. The Morgan fingerprint density at radius 3 is 2.77 bits per heavy atom. The van der Waals surface area contributed by atoms with E-state index in [9.17, 15) is 9.59 Å². The monoisotopic (exact) mass is 487 g/mol. The molecule has 3 heterocycles. The number of aromatic nitrogens is 3. The van der Waals surface area contributed by atoms with Crippen LogP contribution in [0.2, 0.25) is 5.02 Å². The molecule has 2 aromatic carbocycles. The standard InChI is InChI=1S/C27H26ClN5O2/c1-18-11-12-22(21(28)15-18)31-26(34)20-9-6-14-32(17-20)25-27(35)33(16-19-7-3-2-4-8-19)24-23(30-25)10-5-13-29-24/h2-5,7-8,10-13,15,20H,6,9,14,16-17H2,1H3,(H,31,34). The number of pyridine rings is 1. The molecule has 4 aromatic rings. The number of carbonyl (C=O) groups excluding carboxylic acids is 1. The molecule has 35 heavy (non-hydrogen) atoms. The third kappa shape index (κ3) is 4.91. The van der Waals surface area contributed by atoms with Gasteiger partial charge in [0.05, 0.1) is 23.2 Å². The van der Waals surface area contributed by atoms with Crippen molar-refractivity contribution in [1.82, 2.24) is 14.5 Å². The first-order valence-corrected chi connectivity index (χ1v) is 12.1. The maximum absolute atomic E-state index is 13.6. The highest BCUT2D eigenvalue weighted by Gasteiger charge is 2.29. The van der Waals surface area contributed by atoms with Gasteiger partial charge in [-0.15, -0.1) is 0 Å². The number of nitrogens with zero attached hydrogens (tertiary/aromatic N) is 4. The van der Waals surface area contributed by atoms with Gasteiger partial charge in [0.2, 0.25) is 5.91 Å². The molecule has 1 atom stereocenters. The Bertz CT molecular complexity index is 1440. The minimum atomic E-state index is -0.283. The number of aryl methyl sites for hydroxylation is 1. The highest BCUT2D eigenvalue weighted by molar-refractivity contribution is 6.33. The number of nitrogens with one attached hydrogen (secondary N) is 1. The van der Waals surface area contributed by atoms with E-state index in [2.05, 4.69) is 15.3 Å². The summed E-state index contributed by atoms with van der Waals surface area (Å²) in [6, 6.07) is 19.0. The van der Waals surface area contributed by atoms with E-state index < -0.39 is 0 Å². The lowest BCUT2D eigenvalue weighted by molar-refractivity contribution is -0.120. The Kier molecular flexibility index (Phi) is 6.51. The molecular weight excluding hydrogens is 462 g/mol. The number of benzene rings is 2. The quantitative estimate of drug-likeness (QED) is 0.443. The summed E-state index contributed by atoms with van der Waals surface area (Å²) < 4.78 is 1.67. The van der Waals surface area contributed by atoms with Crippen LogP contribution in [0.3, 0.4) is 0 Å². The third-order valence-corrected chi connectivity index (χ3v) is 6.65. The second kappa shape index (κ2) is 9.88. The number of hydrogen-bond donors (Lipinski definition) is 1. The molecule has 1 aliphatic heterocycles. The van der Waals surface area contributed by atoms with E-state index in [-0.39, 0.29) is 17.4 Å². The van der Waals surface area contributed by atoms with Crippen LogP contribution in [-0.2, 0) is 11.3 Å². The smallest absolute Gasteiger partial charge is 0.295 e. The average Bonchev–Trinajstić information content (AvgIpc) is 2.88. The fourth-order valence-corrected chi connectivity index (χ4v) is 4.80. The molecule has 1 fully saturated rings. The first-order chi connectivity index (χ1) is 17.0. The molecule has 1 N–H and O–H groups in total. The van der Waals surface area contributed by atoms with E-state index in [1.807, 2.05) is 72.5 Å². The number of piperidine rings is 1. The highest BCUT2D eigenvalue weighted by atomic mass is 35.5. The van der Waals surface area contributed by atoms with Crippen molar-refractivity contribution >= 4 is 40.2 Å². The predicted molar refractivity (Wildman–Crippen MR) is 139 cm³/mol. The normalized spacial score (nSPS) is 15.8. The number of hydrogen-bond acceptors (Lipinski definition) is 5. The van der Waals surface area contributed by atoms with Gasteiger partial charge in [0.15, 0.2) is 11.5 Å². The lowest BCUT2D eigenvalue weighted by atomic mass is 9.97. The second-order valence-electron chi connectivity index (χ2n) is 8.92. The van der Waals surface area contributed by atoms with E-state index in [0.29, 0.717) is 47.3 Å². The van der Waals surface area contributed by atoms with Crippen molar-refractivity contribution in [2.75, 3.05) is 23.3 Å². The van der Waals surface area contributed by atoms with Crippen LogP contribution < -0.4 is 15.8 Å². The molecule has 2 aromatic heterocycles. The van der Waals surface area contributed by atoms with E-state index >= 15 is 0 Å². The third-order valence-electron chi connectivity index (χ3n) is 6.34. The number of fused-ring (bicyclic) bond motifs is 1. The fourth-order valence-electron chi connectivity index (χ4n) is 4.52. The number of halogens is 1. The lowest BCUT2D eigenvalue weighted by Gasteiger charge is -2.32. The van der Waals surface area contributed by atoms with Gasteiger partial charge in [-0.3, -0.25) is 14.2 Å². The van der Waals surface area contributed by atoms with Crippen LogP contribution in [0.15, 0.2) is 71.7 Å². The Labute approximate surface area is 208 Å². The summed E-state index contributed by atoms with van der Waals surface area (Å²) in [4.78, 5) is 37.8. The van der Waals surface area contributed by atoms with Gasteiger partial charge in [0.1, 0.15) is 5.52 Å². The van der Waals surface area contributed by atoms with Gasteiger partial charge in [0, 0.05) is 19.3 Å². The lowest BCUT2D eigenvalue weighted by Crippen LogP contribution is -2.44. The number of rotatable bonds is 5. The molecular formula is C27H26ClN5O2. The van der Waals surface area contributed by atoms with Gasteiger partial charge in [-0.25, -0.2) is 9.97 Å². The van der Waals surface area contributed by atoms with Gasteiger partial charge >= 0.3 is 0 Å². The zero-order chi connectivity index (χ0) is 24.4. The summed E-state index contributed by atoms with van der Waals surface area (Å²) in [5.74, 6) is -0.0330. The summed E-state index contributed by atoms with van der Waals surface area (Å²) in [5, 5.41) is 3.47. The molecule has 0 radical (unpaired) electrons. The number of amides is 1. The highest BCUT2D eigenvalue weighted by Crippen LogP contribution is 2.26. The molecule has 1 unspecified atom stereocenters. The Balaban J connectivity index is 1.44. The van der Waals surface area contributed by atoms with Gasteiger partial charge < -0.3 is 10.2 Å². The van der Waals surface area contributed by atoms with Crippen molar-refractivity contribution in [3.8, 4) is 0 Å². The zero-order valence-electron chi connectivity index (χ0n) is 19.4. The average molecular weight is 488 g/mol. The van der Waals surface area contributed by atoms with E-state index in [1.165, 1.54) is 0 Å². The van der Waals surface area contributed by atoms with E-state index in [4.69, 9.17) is 11.6 Å². The van der Waals surface area contributed by atoms with Crippen LogP contribution >= 0.6 is 11.6 Å². The molecule has 5 rings (SSSR count). The summed E-state index contributed by atoms with van der Waals surface area (Å²) in [5.41, 5.74) is 3.62. The van der Waals surface area contributed by atoms with Gasteiger partial charge in [-0.2, -0.15) is 0 Å². The van der Waals surface area contributed by atoms with Gasteiger partial charge in [-0.1, -0.05) is 48.0 Å². The van der Waals surface area contributed by atoms with Crippen LogP contribution in [-0.4, -0.2) is 33.5 Å². The van der Waals surface area contributed by atoms with Crippen LogP contribution in [0.1, 0.15) is 24.0 Å². The van der Waals surface area contributed by atoms with Crippen molar-refractivity contribution in [3.63, 3.8) is 0 Å². The summed E-state index contributed by atoms with van der Waals surface area (Å²) in [7, 11) is 0. The number of carbonyl (C=O) groups is 1. The van der Waals surface area contributed by atoms with Crippen LogP contribution in [0.4, 0.5) is 11.5 Å². The molecule has 0 aliphatic carbocycles. The molecule has 0 bridgehead atoms. The Morgan fingerprint density at radius 2 is 1.97 bits per heavy atom. The molecule has 1 saturated heterocycles. The van der Waals surface area contributed by atoms with E-state index in [0.717, 1.165) is 24.0 Å². The fraction of sp³-hybridized carbons (Fsp3) is 0.259. The van der Waals surface area contributed by atoms with Crippen LogP contribution in [0.5, 0.6) is 0 Å². The minimum absolute atomic E-state index is 0.104. The molecule has 8 heteroatoms. The SMILES string of the molecule is Cc1ccc(NC(=O)C2CCCN(c3nc4cccnc4n(Cc4ccccc4)c3=O)C2)c(Cl)c1. The van der Waals surface area contributed by atoms with Crippen LogP contribution in [0, 0.1) is 12.8 Å². The Hall–Kier alpha value is -3.71. The maximum atomic E-state index is 13.6. The van der Waals surface area contributed by atoms with Crippen LogP contribution in [0.25, 0.3) is 11.2 Å². The molecule has 0 spiro atoms. The molecule has 178 valence electrons. The molecule has 1 aliphatic rings. The largest absolute Gasteiger partial charge is 0.351 e. The van der Waals surface area contributed by atoms with E-state index in [1.54, 1.807) is 10.8 Å². The molecule has 1 amide bonds. The summed E-state index contributed by atoms with van der Waals surface area (Å²) >= 11 is 6.31. The van der Waals surface area contributed by atoms with Crippen molar-refractivity contribution in [3.05, 3.63) is 93.4 Å². The van der Waals surface area contributed by atoms with Crippen molar-refractivity contribution in [2.24, 2.45) is 5.92 Å². The summed E-state index contributed by atoms with van der Waals surface area (Å²) in [6.07, 6.45) is 3.19. The first kappa shape index (κ1) is 23.1. The molecule has 0 saturated carbocycles. The number of anilines is 2. The van der Waals surface area contributed by atoms with Crippen molar-refractivity contribution in [1.29, 1.82) is 0 Å².